The lowest BCUT2D eigenvalue weighted by molar-refractivity contribution is 0.483. The van der Waals surface area contributed by atoms with Gasteiger partial charge in [0.2, 0.25) is 0 Å². The van der Waals surface area contributed by atoms with Crippen LogP contribution in [0.5, 0.6) is 0 Å². The van der Waals surface area contributed by atoms with Crippen molar-refractivity contribution >= 4 is 34.2 Å². The first-order chi connectivity index (χ1) is 12.2. The smallest absolute Gasteiger partial charge is 0.154 e. The number of nitrogens with one attached hydrogen (secondary N) is 1. The van der Waals surface area contributed by atoms with Crippen molar-refractivity contribution in [1.82, 2.24) is 14.6 Å². The molecule has 0 radical (unpaired) electrons. The van der Waals surface area contributed by atoms with Crippen molar-refractivity contribution in [2.45, 2.75) is 12.8 Å². The second-order valence-electron chi connectivity index (χ2n) is 6.31. The zero-order chi connectivity index (χ0) is 17.2. The highest BCUT2D eigenvalue weighted by atomic mass is 35.5. The molecule has 3 aromatic rings. The van der Waals surface area contributed by atoms with Crippen LogP contribution in [0, 0.1) is 5.92 Å². The highest BCUT2D eigenvalue weighted by molar-refractivity contribution is 7.91. The fourth-order valence-corrected chi connectivity index (χ4v) is 4.69. The lowest BCUT2D eigenvalue weighted by atomic mass is 10.0. The van der Waals surface area contributed by atoms with Crippen LogP contribution in [0.4, 0.5) is 5.82 Å². The van der Waals surface area contributed by atoms with E-state index >= 15 is 0 Å². The monoisotopic (exact) mass is 374 g/mol. The maximum Gasteiger partial charge on any atom is 0.154 e. The lowest BCUT2D eigenvalue weighted by Gasteiger charge is -2.24. The summed E-state index contributed by atoms with van der Waals surface area (Å²) in [5.41, 5.74) is 2.70. The highest BCUT2D eigenvalue weighted by Gasteiger charge is 2.21. The first-order valence-electron chi connectivity index (χ1n) is 8.38. The molecule has 0 saturated carbocycles. The van der Waals surface area contributed by atoms with Crippen molar-refractivity contribution in [3.05, 3.63) is 47.6 Å². The van der Waals surface area contributed by atoms with Gasteiger partial charge >= 0.3 is 0 Å². The van der Waals surface area contributed by atoms with Crippen LogP contribution in [-0.2, 0) is 11.2 Å². The average Bonchev–Trinajstić information content (AvgIpc) is 3.04. The fourth-order valence-electron chi connectivity index (χ4n) is 3.11. The molecule has 7 heteroatoms. The van der Waals surface area contributed by atoms with Crippen LogP contribution >= 0.6 is 11.6 Å². The van der Waals surface area contributed by atoms with Crippen molar-refractivity contribution in [3.8, 4) is 11.3 Å². The van der Waals surface area contributed by atoms with Gasteiger partial charge in [-0.05, 0) is 43.0 Å². The highest BCUT2D eigenvalue weighted by Crippen LogP contribution is 2.24. The molecule has 0 unspecified atom stereocenters. The van der Waals surface area contributed by atoms with E-state index < -0.39 is 11.2 Å². The number of halogens is 1. The van der Waals surface area contributed by atoms with Crippen LogP contribution in [0.2, 0.25) is 5.02 Å². The van der Waals surface area contributed by atoms with Crippen LogP contribution in [-0.4, -0.2) is 37.2 Å². The molecule has 0 spiro atoms. The van der Waals surface area contributed by atoms with Gasteiger partial charge in [0, 0.05) is 17.1 Å². The van der Waals surface area contributed by atoms with Crippen molar-refractivity contribution < 1.29 is 4.55 Å². The number of hydrogen-bond donors (Lipinski definition) is 1. The molecule has 1 saturated heterocycles. The third-order valence-corrected chi connectivity index (χ3v) is 6.18. The number of hydrogen-bond acceptors (Lipinski definition) is 4. The molecular formula is C18H19ClN4OS. The van der Waals surface area contributed by atoms with E-state index in [1.54, 1.807) is 0 Å². The molecule has 0 atom stereocenters. The van der Waals surface area contributed by atoms with E-state index in [4.69, 9.17) is 11.6 Å². The molecular weight excluding hydrogens is 356 g/mol. The second kappa shape index (κ2) is 7.23. The minimum atomic E-state index is -0.615. The first-order valence-corrected chi connectivity index (χ1v) is 10.3. The number of benzene rings is 1. The summed E-state index contributed by atoms with van der Waals surface area (Å²) in [5.74, 6) is 3.02. The van der Waals surface area contributed by atoms with Gasteiger partial charge in [-0.1, -0.05) is 34.9 Å². The molecule has 1 fully saturated rings. The Labute approximate surface area is 154 Å². The topological polar surface area (TPSA) is 65.3 Å². The van der Waals surface area contributed by atoms with Gasteiger partial charge in [-0.15, -0.1) is 5.10 Å². The summed E-state index contributed by atoms with van der Waals surface area (Å²) in [6, 6.07) is 11.6. The van der Waals surface area contributed by atoms with Crippen molar-refractivity contribution in [2.75, 3.05) is 23.4 Å². The molecule has 0 amide bonds. The molecule has 1 aromatic carbocycles. The van der Waals surface area contributed by atoms with Gasteiger partial charge in [0.25, 0.3) is 0 Å². The molecule has 5 nitrogen and oxygen atoms in total. The number of fused-ring (bicyclic) bond motifs is 1. The molecule has 1 N–H and O–H groups in total. The second-order valence-corrected chi connectivity index (χ2v) is 8.45. The summed E-state index contributed by atoms with van der Waals surface area (Å²) in [6.45, 7) is 0.858. The lowest BCUT2D eigenvalue weighted by Crippen LogP contribution is -2.27. The predicted octanol–water partition coefficient (Wildman–Crippen LogP) is 3.62. The minimum absolute atomic E-state index is 0.561. The van der Waals surface area contributed by atoms with Gasteiger partial charge in [-0.3, -0.25) is 0 Å². The van der Waals surface area contributed by atoms with E-state index in [0.717, 1.165) is 53.6 Å². The van der Waals surface area contributed by atoms with Gasteiger partial charge in [0.1, 0.15) is 17.3 Å². The Hall–Kier alpha value is -1.76. The molecule has 25 heavy (non-hydrogen) atoms. The minimum Gasteiger partial charge on any atom is -0.616 e. The summed E-state index contributed by atoms with van der Waals surface area (Å²) in [7, 11) is 0. The number of rotatable bonds is 4. The van der Waals surface area contributed by atoms with Crippen LogP contribution < -0.4 is 5.32 Å². The van der Waals surface area contributed by atoms with Crippen LogP contribution in [0.15, 0.2) is 42.6 Å². The maximum absolute atomic E-state index is 11.5. The molecule has 130 valence electrons. The van der Waals surface area contributed by atoms with Crippen molar-refractivity contribution in [1.29, 1.82) is 0 Å². The fraction of sp³-hybridized carbons (Fsp3) is 0.333. The summed E-state index contributed by atoms with van der Waals surface area (Å²) >= 11 is 5.49. The molecule has 4 rings (SSSR count). The van der Waals surface area contributed by atoms with Crippen LogP contribution in [0.25, 0.3) is 16.9 Å². The normalized spacial score (nSPS) is 20.7. The first kappa shape index (κ1) is 16.7. The SMILES string of the molecule is [O-][S+]1CCC(CNc2ccc3ncc(-c4cccc(Cl)c4)n3n2)CC1. The van der Waals surface area contributed by atoms with E-state index in [2.05, 4.69) is 15.4 Å². The standard InChI is InChI=1S/C18H19ClN4OS/c19-15-3-1-2-14(10-15)16-12-21-18-5-4-17(22-23(16)18)20-11-13-6-8-25(24)9-7-13/h1-5,10,12-13H,6-9,11H2,(H,20,22). The average molecular weight is 375 g/mol. The van der Waals surface area contributed by atoms with Gasteiger partial charge in [0.05, 0.1) is 11.9 Å². The number of anilines is 1. The summed E-state index contributed by atoms with van der Waals surface area (Å²) in [6.07, 6.45) is 3.84. The number of imidazole rings is 1. The zero-order valence-corrected chi connectivity index (χ0v) is 15.3. The largest absolute Gasteiger partial charge is 0.616 e. The van der Waals surface area contributed by atoms with E-state index in [0.29, 0.717) is 10.9 Å². The van der Waals surface area contributed by atoms with Crippen molar-refractivity contribution in [3.63, 3.8) is 0 Å². The Kier molecular flexibility index (Phi) is 4.83. The Balaban J connectivity index is 1.54. The van der Waals surface area contributed by atoms with E-state index in [1.807, 2.05) is 47.1 Å². The van der Waals surface area contributed by atoms with Gasteiger partial charge in [-0.2, -0.15) is 0 Å². The number of nitrogens with zero attached hydrogens (tertiary/aromatic N) is 3. The van der Waals surface area contributed by atoms with Gasteiger partial charge in [0.15, 0.2) is 5.65 Å². The summed E-state index contributed by atoms with van der Waals surface area (Å²) in [4.78, 5) is 4.42. The van der Waals surface area contributed by atoms with E-state index in [1.165, 1.54) is 0 Å². The van der Waals surface area contributed by atoms with Crippen LogP contribution in [0.1, 0.15) is 12.8 Å². The predicted molar refractivity (Wildman–Crippen MR) is 103 cm³/mol. The molecule has 1 aliphatic heterocycles. The summed E-state index contributed by atoms with van der Waals surface area (Å²) < 4.78 is 13.3. The molecule has 0 aliphatic carbocycles. The molecule has 1 aliphatic rings. The van der Waals surface area contributed by atoms with E-state index in [9.17, 15) is 4.55 Å². The molecule has 0 bridgehead atoms. The van der Waals surface area contributed by atoms with Gasteiger partial charge in [-0.25, -0.2) is 9.50 Å². The third kappa shape index (κ3) is 3.76. The number of aromatic nitrogens is 3. The Morgan fingerprint density at radius 3 is 2.88 bits per heavy atom. The molecule has 2 aromatic heterocycles. The Morgan fingerprint density at radius 1 is 1.24 bits per heavy atom. The maximum atomic E-state index is 11.5. The van der Waals surface area contributed by atoms with Gasteiger partial charge < -0.3 is 9.87 Å². The van der Waals surface area contributed by atoms with E-state index in [-0.39, 0.29) is 0 Å². The third-order valence-electron chi connectivity index (χ3n) is 4.56. The van der Waals surface area contributed by atoms with Crippen LogP contribution in [0.3, 0.4) is 0 Å². The quantitative estimate of drug-likeness (QED) is 0.708. The zero-order valence-electron chi connectivity index (χ0n) is 13.7. The summed E-state index contributed by atoms with van der Waals surface area (Å²) in [5, 5.41) is 8.79. The van der Waals surface area contributed by atoms with Crippen molar-refractivity contribution in [2.24, 2.45) is 5.92 Å². The molecule has 3 heterocycles. The Morgan fingerprint density at radius 2 is 2.08 bits per heavy atom. The Bertz CT molecular complexity index is 876.